The molecule has 92 valence electrons. The van der Waals surface area contributed by atoms with E-state index in [4.69, 9.17) is 4.74 Å². The fourth-order valence-electron chi connectivity index (χ4n) is 1.14. The summed E-state index contributed by atoms with van der Waals surface area (Å²) in [5, 5.41) is 13.0. The van der Waals surface area contributed by atoms with Crippen LogP contribution < -0.4 is 5.32 Å². The number of hydrogen-bond acceptors (Lipinski definition) is 4. The molecule has 0 aromatic heterocycles. The number of ether oxygens (including phenoxy) is 1. The second kappa shape index (κ2) is 5.95. The zero-order valence-corrected chi connectivity index (χ0v) is 9.67. The summed E-state index contributed by atoms with van der Waals surface area (Å²) in [6.45, 7) is 3.57. The van der Waals surface area contributed by atoms with Crippen LogP contribution in [0.5, 0.6) is 0 Å². The molecule has 0 unspecified atom stereocenters. The average molecular weight is 238 g/mol. The molecule has 0 aliphatic heterocycles. The fraction of sp³-hybridized carbons (Fsp3) is 0.364. The number of nitrogens with zero attached hydrogens (tertiary/aromatic N) is 1. The summed E-state index contributed by atoms with van der Waals surface area (Å²) in [5.74, 6) is -0.334. The van der Waals surface area contributed by atoms with Gasteiger partial charge in [-0.05, 0) is 19.9 Å². The molecule has 1 N–H and O–H groups in total. The van der Waals surface area contributed by atoms with E-state index < -0.39 is 4.92 Å². The van der Waals surface area contributed by atoms with Crippen molar-refractivity contribution in [2.45, 2.75) is 20.0 Å². The Kier molecular flexibility index (Phi) is 4.59. The second-order valence-corrected chi connectivity index (χ2v) is 3.72. The Morgan fingerprint density at radius 3 is 2.82 bits per heavy atom. The number of rotatable bonds is 5. The topological polar surface area (TPSA) is 81.5 Å². The SMILES string of the molecule is CC(C)OCC(=O)Nc1cccc([N+](=O)[O-])c1. The van der Waals surface area contributed by atoms with Gasteiger partial charge < -0.3 is 10.1 Å². The first-order valence-corrected chi connectivity index (χ1v) is 5.15. The van der Waals surface area contributed by atoms with E-state index in [-0.39, 0.29) is 24.3 Å². The number of hydrogen-bond donors (Lipinski definition) is 1. The smallest absolute Gasteiger partial charge is 0.271 e. The van der Waals surface area contributed by atoms with Crippen molar-refractivity contribution >= 4 is 17.3 Å². The summed E-state index contributed by atoms with van der Waals surface area (Å²) in [6, 6.07) is 5.75. The minimum atomic E-state index is -0.514. The van der Waals surface area contributed by atoms with Crippen LogP contribution in [-0.4, -0.2) is 23.5 Å². The first kappa shape index (κ1) is 13.1. The average Bonchev–Trinajstić information content (AvgIpc) is 2.26. The molecule has 1 aromatic carbocycles. The van der Waals surface area contributed by atoms with E-state index in [0.717, 1.165) is 0 Å². The summed E-state index contributed by atoms with van der Waals surface area (Å²) in [5.41, 5.74) is 0.323. The second-order valence-electron chi connectivity index (χ2n) is 3.72. The number of nitro benzene ring substituents is 1. The number of nitrogens with one attached hydrogen (secondary N) is 1. The monoisotopic (exact) mass is 238 g/mol. The van der Waals surface area contributed by atoms with E-state index in [1.807, 2.05) is 13.8 Å². The maximum absolute atomic E-state index is 11.4. The Hall–Kier alpha value is -1.95. The molecule has 0 radical (unpaired) electrons. The molecule has 1 amide bonds. The minimum absolute atomic E-state index is 0.0362. The molecular formula is C11H14N2O4. The van der Waals surface area contributed by atoms with Crippen molar-refractivity contribution in [3.05, 3.63) is 34.4 Å². The van der Waals surface area contributed by atoms with E-state index >= 15 is 0 Å². The summed E-state index contributed by atoms with van der Waals surface area (Å²) in [7, 11) is 0. The van der Waals surface area contributed by atoms with E-state index in [9.17, 15) is 14.9 Å². The van der Waals surface area contributed by atoms with Gasteiger partial charge in [-0.3, -0.25) is 14.9 Å². The third-order valence-electron chi connectivity index (χ3n) is 1.89. The number of non-ortho nitro benzene ring substituents is 1. The highest BCUT2D eigenvalue weighted by molar-refractivity contribution is 5.91. The Bertz CT molecular complexity index is 418. The Morgan fingerprint density at radius 2 is 2.24 bits per heavy atom. The molecule has 0 saturated heterocycles. The van der Waals surface area contributed by atoms with Crippen LogP contribution in [0.15, 0.2) is 24.3 Å². The van der Waals surface area contributed by atoms with Crippen molar-refractivity contribution in [1.82, 2.24) is 0 Å². The normalized spacial score (nSPS) is 10.3. The summed E-state index contributed by atoms with van der Waals surface area (Å²) < 4.78 is 5.11. The third kappa shape index (κ3) is 4.60. The lowest BCUT2D eigenvalue weighted by atomic mass is 10.3. The lowest BCUT2D eigenvalue weighted by Gasteiger charge is -2.08. The maximum atomic E-state index is 11.4. The third-order valence-corrected chi connectivity index (χ3v) is 1.89. The van der Waals surface area contributed by atoms with Crippen LogP contribution in [-0.2, 0) is 9.53 Å². The van der Waals surface area contributed by atoms with Gasteiger partial charge in [0.2, 0.25) is 5.91 Å². The molecule has 1 rings (SSSR count). The van der Waals surface area contributed by atoms with Gasteiger partial charge in [-0.2, -0.15) is 0 Å². The van der Waals surface area contributed by atoms with Crippen molar-refractivity contribution in [3.63, 3.8) is 0 Å². The highest BCUT2D eigenvalue weighted by Gasteiger charge is 2.08. The molecule has 0 aliphatic carbocycles. The lowest BCUT2D eigenvalue weighted by Crippen LogP contribution is -2.20. The van der Waals surface area contributed by atoms with Crippen molar-refractivity contribution in [2.75, 3.05) is 11.9 Å². The van der Waals surface area contributed by atoms with E-state index in [1.54, 1.807) is 6.07 Å². The summed E-state index contributed by atoms with van der Waals surface area (Å²) in [4.78, 5) is 21.4. The molecule has 1 aromatic rings. The molecule has 6 heteroatoms. The van der Waals surface area contributed by atoms with Crippen LogP contribution in [0.2, 0.25) is 0 Å². The van der Waals surface area contributed by atoms with Crippen LogP contribution in [0, 0.1) is 10.1 Å². The van der Waals surface area contributed by atoms with Gasteiger partial charge in [0.05, 0.1) is 11.0 Å². The van der Waals surface area contributed by atoms with E-state index in [1.165, 1.54) is 18.2 Å². The summed E-state index contributed by atoms with van der Waals surface area (Å²) in [6.07, 6.45) is -0.0362. The van der Waals surface area contributed by atoms with Gasteiger partial charge in [-0.25, -0.2) is 0 Å². The van der Waals surface area contributed by atoms with Crippen molar-refractivity contribution in [2.24, 2.45) is 0 Å². The standard InChI is InChI=1S/C11H14N2O4/c1-8(2)17-7-11(14)12-9-4-3-5-10(6-9)13(15)16/h3-6,8H,7H2,1-2H3,(H,12,14). The largest absolute Gasteiger partial charge is 0.369 e. The first-order valence-electron chi connectivity index (χ1n) is 5.15. The van der Waals surface area contributed by atoms with Gasteiger partial charge in [0.1, 0.15) is 6.61 Å². The molecule has 0 fully saturated rings. The minimum Gasteiger partial charge on any atom is -0.369 e. The van der Waals surface area contributed by atoms with Crippen LogP contribution in [0.25, 0.3) is 0 Å². The Morgan fingerprint density at radius 1 is 1.53 bits per heavy atom. The van der Waals surface area contributed by atoms with Crippen LogP contribution >= 0.6 is 0 Å². The Balaban J connectivity index is 2.59. The highest BCUT2D eigenvalue weighted by Crippen LogP contribution is 2.16. The van der Waals surface area contributed by atoms with Gasteiger partial charge in [-0.1, -0.05) is 6.07 Å². The van der Waals surface area contributed by atoms with E-state index in [0.29, 0.717) is 5.69 Å². The predicted octanol–water partition coefficient (Wildman–Crippen LogP) is 1.96. The number of benzene rings is 1. The number of carbonyl (C=O) groups is 1. The van der Waals surface area contributed by atoms with Gasteiger partial charge in [-0.15, -0.1) is 0 Å². The maximum Gasteiger partial charge on any atom is 0.271 e. The fourth-order valence-corrected chi connectivity index (χ4v) is 1.14. The zero-order chi connectivity index (χ0) is 12.8. The van der Waals surface area contributed by atoms with Crippen LogP contribution in [0.3, 0.4) is 0 Å². The number of anilines is 1. The number of amides is 1. The van der Waals surface area contributed by atoms with Crippen LogP contribution in [0.4, 0.5) is 11.4 Å². The van der Waals surface area contributed by atoms with Gasteiger partial charge in [0.25, 0.3) is 5.69 Å². The molecule has 0 spiro atoms. The lowest BCUT2D eigenvalue weighted by molar-refractivity contribution is -0.384. The predicted molar refractivity (Wildman–Crippen MR) is 62.8 cm³/mol. The molecule has 17 heavy (non-hydrogen) atoms. The van der Waals surface area contributed by atoms with Crippen molar-refractivity contribution in [1.29, 1.82) is 0 Å². The van der Waals surface area contributed by atoms with Crippen molar-refractivity contribution in [3.8, 4) is 0 Å². The van der Waals surface area contributed by atoms with Gasteiger partial charge >= 0.3 is 0 Å². The molecule has 6 nitrogen and oxygen atoms in total. The summed E-state index contributed by atoms with van der Waals surface area (Å²) >= 11 is 0. The molecular weight excluding hydrogens is 224 g/mol. The number of carbonyl (C=O) groups excluding carboxylic acids is 1. The molecule has 0 bridgehead atoms. The molecule has 0 heterocycles. The first-order chi connectivity index (χ1) is 7.99. The van der Waals surface area contributed by atoms with Crippen molar-refractivity contribution < 1.29 is 14.5 Å². The zero-order valence-electron chi connectivity index (χ0n) is 9.67. The number of nitro groups is 1. The molecule has 0 aliphatic rings. The van der Waals surface area contributed by atoms with Gasteiger partial charge in [0.15, 0.2) is 0 Å². The highest BCUT2D eigenvalue weighted by atomic mass is 16.6. The molecule has 0 atom stereocenters. The molecule has 0 saturated carbocycles. The van der Waals surface area contributed by atoms with Gasteiger partial charge in [0, 0.05) is 17.8 Å². The Labute approximate surface area is 98.7 Å². The van der Waals surface area contributed by atoms with E-state index in [2.05, 4.69) is 5.32 Å². The van der Waals surface area contributed by atoms with Crippen LogP contribution in [0.1, 0.15) is 13.8 Å². The quantitative estimate of drug-likeness (QED) is 0.628.